The molecule has 0 aliphatic heterocycles. The van der Waals surface area contributed by atoms with Crippen molar-refractivity contribution < 1.29 is 4.92 Å². The molecule has 0 saturated heterocycles. The number of benzene rings is 1. The minimum atomic E-state index is -0.359. The lowest BCUT2D eigenvalue weighted by Gasteiger charge is -2.01. The summed E-state index contributed by atoms with van der Waals surface area (Å²) in [6, 6.07) is 5.24. The van der Waals surface area contributed by atoms with Crippen LogP contribution >= 0.6 is 27.7 Å². The molecule has 0 aliphatic carbocycles. The molecule has 0 heterocycles. The molecule has 0 unspecified atom stereocenters. The number of hydrogen-bond donors (Lipinski definition) is 0. The van der Waals surface area contributed by atoms with Gasteiger partial charge in [-0.1, -0.05) is 13.0 Å². The van der Waals surface area contributed by atoms with Crippen LogP contribution in [0.15, 0.2) is 27.6 Å². The molecule has 0 aliphatic rings. The maximum Gasteiger partial charge on any atom is 0.296 e. The van der Waals surface area contributed by atoms with Crippen LogP contribution in [-0.2, 0) is 0 Å². The van der Waals surface area contributed by atoms with Crippen molar-refractivity contribution in [3.8, 4) is 0 Å². The van der Waals surface area contributed by atoms with Gasteiger partial charge in [-0.3, -0.25) is 10.1 Å². The summed E-state index contributed by atoms with van der Waals surface area (Å²) in [6.07, 6.45) is 0. The van der Waals surface area contributed by atoms with E-state index in [1.54, 1.807) is 18.2 Å². The van der Waals surface area contributed by atoms with E-state index in [1.165, 1.54) is 11.8 Å². The second-order valence-electron chi connectivity index (χ2n) is 2.28. The number of nitro groups is 1. The molecule has 1 rings (SSSR count). The van der Waals surface area contributed by atoms with E-state index in [2.05, 4.69) is 15.9 Å². The van der Waals surface area contributed by atoms with Gasteiger partial charge in [0.15, 0.2) is 0 Å². The fourth-order valence-electron chi connectivity index (χ4n) is 0.945. The quantitative estimate of drug-likeness (QED) is 0.476. The molecule has 5 heteroatoms. The molecule has 0 N–H and O–H groups in total. The van der Waals surface area contributed by atoms with Gasteiger partial charge in [0, 0.05) is 0 Å². The lowest BCUT2D eigenvalue weighted by atomic mass is 10.3. The fourth-order valence-corrected chi connectivity index (χ4v) is 2.39. The highest BCUT2D eigenvalue weighted by molar-refractivity contribution is 9.10. The van der Waals surface area contributed by atoms with Crippen molar-refractivity contribution in [2.24, 2.45) is 0 Å². The Morgan fingerprint density at radius 1 is 1.62 bits per heavy atom. The molecule has 0 saturated carbocycles. The molecule has 0 bridgehead atoms. The van der Waals surface area contributed by atoms with Crippen LogP contribution in [0.4, 0.5) is 5.69 Å². The van der Waals surface area contributed by atoms with E-state index in [0.29, 0.717) is 9.37 Å². The van der Waals surface area contributed by atoms with Crippen LogP contribution in [-0.4, -0.2) is 10.7 Å². The minimum Gasteiger partial charge on any atom is -0.258 e. The third-order valence-electron chi connectivity index (χ3n) is 1.43. The average molecular weight is 262 g/mol. The van der Waals surface area contributed by atoms with Crippen molar-refractivity contribution in [2.45, 2.75) is 11.8 Å². The van der Waals surface area contributed by atoms with Gasteiger partial charge in [0.2, 0.25) is 0 Å². The van der Waals surface area contributed by atoms with Crippen LogP contribution in [0, 0.1) is 10.1 Å². The molecule has 0 amide bonds. The lowest BCUT2D eigenvalue weighted by Crippen LogP contribution is -1.92. The SMILES string of the molecule is CCSc1cccc(Br)c1[N+](=O)[O-]. The number of rotatable bonds is 3. The number of hydrogen-bond acceptors (Lipinski definition) is 3. The standard InChI is InChI=1S/C8H8BrNO2S/c1-2-13-7-5-3-4-6(9)8(7)10(11)12/h3-5H,2H2,1H3. The summed E-state index contributed by atoms with van der Waals surface area (Å²) in [6.45, 7) is 1.97. The third kappa shape index (κ3) is 2.45. The monoisotopic (exact) mass is 261 g/mol. The number of thioether (sulfide) groups is 1. The van der Waals surface area contributed by atoms with Crippen molar-refractivity contribution in [3.05, 3.63) is 32.8 Å². The van der Waals surface area contributed by atoms with Gasteiger partial charge < -0.3 is 0 Å². The van der Waals surface area contributed by atoms with Crippen LogP contribution in [0.3, 0.4) is 0 Å². The van der Waals surface area contributed by atoms with E-state index in [0.717, 1.165) is 5.75 Å². The molecular weight excluding hydrogens is 254 g/mol. The first-order valence-electron chi connectivity index (χ1n) is 3.72. The van der Waals surface area contributed by atoms with Gasteiger partial charge >= 0.3 is 0 Å². The summed E-state index contributed by atoms with van der Waals surface area (Å²) in [7, 11) is 0. The molecule has 0 spiro atoms. The highest BCUT2D eigenvalue weighted by Gasteiger charge is 2.17. The van der Waals surface area contributed by atoms with Crippen LogP contribution in [0.5, 0.6) is 0 Å². The van der Waals surface area contributed by atoms with Gasteiger partial charge in [0.25, 0.3) is 5.69 Å². The van der Waals surface area contributed by atoms with Crippen molar-refractivity contribution >= 4 is 33.4 Å². The molecule has 0 atom stereocenters. The zero-order valence-electron chi connectivity index (χ0n) is 6.99. The summed E-state index contributed by atoms with van der Waals surface area (Å²) in [4.78, 5) is 11.0. The van der Waals surface area contributed by atoms with Gasteiger partial charge in [0.05, 0.1) is 14.3 Å². The Morgan fingerprint density at radius 3 is 2.85 bits per heavy atom. The first-order valence-corrected chi connectivity index (χ1v) is 5.50. The van der Waals surface area contributed by atoms with Gasteiger partial charge in [-0.15, -0.1) is 11.8 Å². The normalized spacial score (nSPS) is 10.0. The highest BCUT2D eigenvalue weighted by Crippen LogP contribution is 2.34. The van der Waals surface area contributed by atoms with Crippen molar-refractivity contribution in [3.63, 3.8) is 0 Å². The number of nitro benzene ring substituents is 1. The highest BCUT2D eigenvalue weighted by atomic mass is 79.9. The number of para-hydroxylation sites is 1. The molecule has 70 valence electrons. The zero-order chi connectivity index (χ0) is 9.84. The van der Waals surface area contributed by atoms with Crippen LogP contribution in [0.2, 0.25) is 0 Å². The number of halogens is 1. The van der Waals surface area contributed by atoms with Gasteiger partial charge in [-0.25, -0.2) is 0 Å². The third-order valence-corrected chi connectivity index (χ3v) is 3.00. The summed E-state index contributed by atoms with van der Waals surface area (Å²) < 4.78 is 0.538. The smallest absolute Gasteiger partial charge is 0.258 e. The molecule has 1 aromatic carbocycles. The van der Waals surface area contributed by atoms with E-state index in [-0.39, 0.29) is 10.6 Å². The summed E-state index contributed by atoms with van der Waals surface area (Å²) >= 11 is 4.64. The first-order chi connectivity index (χ1) is 6.16. The predicted molar refractivity (Wildman–Crippen MR) is 57.2 cm³/mol. The van der Waals surface area contributed by atoms with E-state index >= 15 is 0 Å². The maximum atomic E-state index is 10.7. The Hall–Kier alpha value is -0.550. The average Bonchev–Trinajstić information content (AvgIpc) is 2.04. The molecule has 0 fully saturated rings. The van der Waals surface area contributed by atoms with Gasteiger partial charge in [-0.05, 0) is 33.8 Å². The Balaban J connectivity index is 3.17. The molecule has 1 aromatic rings. The Labute approximate surface area is 88.8 Å². The summed E-state index contributed by atoms with van der Waals surface area (Å²) in [5, 5.41) is 10.7. The fraction of sp³-hybridized carbons (Fsp3) is 0.250. The van der Waals surface area contributed by atoms with Crippen molar-refractivity contribution in [2.75, 3.05) is 5.75 Å². The Morgan fingerprint density at radius 2 is 2.31 bits per heavy atom. The van der Waals surface area contributed by atoms with Crippen molar-refractivity contribution in [1.29, 1.82) is 0 Å². The molecule has 0 aromatic heterocycles. The van der Waals surface area contributed by atoms with E-state index in [1.807, 2.05) is 6.92 Å². The zero-order valence-corrected chi connectivity index (χ0v) is 9.39. The Bertz CT molecular complexity index is 330. The Kier molecular flexibility index (Phi) is 3.74. The lowest BCUT2D eigenvalue weighted by molar-refractivity contribution is -0.388. The molecule has 13 heavy (non-hydrogen) atoms. The molecule has 3 nitrogen and oxygen atoms in total. The van der Waals surface area contributed by atoms with Gasteiger partial charge in [-0.2, -0.15) is 0 Å². The van der Waals surface area contributed by atoms with E-state index in [4.69, 9.17) is 0 Å². The van der Waals surface area contributed by atoms with Crippen molar-refractivity contribution in [1.82, 2.24) is 0 Å². The topological polar surface area (TPSA) is 43.1 Å². The van der Waals surface area contributed by atoms with Crippen LogP contribution < -0.4 is 0 Å². The summed E-state index contributed by atoms with van der Waals surface area (Å²) in [5.41, 5.74) is 0.161. The van der Waals surface area contributed by atoms with E-state index in [9.17, 15) is 10.1 Å². The second-order valence-corrected chi connectivity index (χ2v) is 4.44. The first kappa shape index (κ1) is 10.5. The minimum absolute atomic E-state index is 0.161. The maximum absolute atomic E-state index is 10.7. The van der Waals surface area contributed by atoms with Gasteiger partial charge in [0.1, 0.15) is 0 Å². The summed E-state index contributed by atoms with van der Waals surface area (Å²) in [5.74, 6) is 0.831. The number of nitrogens with zero attached hydrogens (tertiary/aromatic N) is 1. The largest absolute Gasteiger partial charge is 0.296 e. The molecular formula is C8H8BrNO2S. The molecule has 0 radical (unpaired) electrons. The van der Waals surface area contributed by atoms with Crippen LogP contribution in [0.1, 0.15) is 6.92 Å². The van der Waals surface area contributed by atoms with Crippen LogP contribution in [0.25, 0.3) is 0 Å². The second kappa shape index (κ2) is 4.62. The predicted octanol–water partition coefficient (Wildman–Crippen LogP) is 3.47. The van der Waals surface area contributed by atoms with E-state index < -0.39 is 0 Å².